The highest BCUT2D eigenvalue weighted by Crippen LogP contribution is 2.31. The number of likely N-dealkylation sites (tertiary alicyclic amines) is 1. The van der Waals surface area contributed by atoms with E-state index < -0.39 is 11.6 Å². The summed E-state index contributed by atoms with van der Waals surface area (Å²) >= 11 is 0. The summed E-state index contributed by atoms with van der Waals surface area (Å²) < 4.78 is 0. The van der Waals surface area contributed by atoms with Gasteiger partial charge in [0.2, 0.25) is 0 Å². The van der Waals surface area contributed by atoms with Gasteiger partial charge in [-0.2, -0.15) is 0 Å². The van der Waals surface area contributed by atoms with E-state index in [1.807, 2.05) is 24.3 Å². The van der Waals surface area contributed by atoms with E-state index in [2.05, 4.69) is 34.2 Å². The lowest BCUT2D eigenvalue weighted by atomic mass is 9.96. The Hall–Kier alpha value is -2.14. The van der Waals surface area contributed by atoms with Crippen LogP contribution in [-0.4, -0.2) is 35.0 Å². The molecule has 2 saturated heterocycles. The standard InChI is InChI=1S/C15H17N3O2/c1-2-12-8-15(13(19)16-14(20)17-15)10-18(12)9-11-6-4-3-5-7-11/h2-7,12H,1,8-10H2,(H2,16,17,19,20)/t12-,15+/m0/s1. The average Bonchev–Trinajstić information content (AvgIpc) is 2.91. The minimum absolute atomic E-state index is 0.0827. The van der Waals surface area contributed by atoms with Crippen molar-refractivity contribution in [2.24, 2.45) is 0 Å². The highest BCUT2D eigenvalue weighted by Gasteiger charge is 2.53. The van der Waals surface area contributed by atoms with Crippen molar-refractivity contribution in [3.8, 4) is 0 Å². The summed E-state index contributed by atoms with van der Waals surface area (Å²) in [7, 11) is 0. The van der Waals surface area contributed by atoms with Gasteiger partial charge in [-0.05, 0) is 12.0 Å². The second kappa shape index (κ2) is 4.76. The lowest BCUT2D eigenvalue weighted by Crippen LogP contribution is -2.48. The van der Waals surface area contributed by atoms with Crippen LogP contribution in [-0.2, 0) is 11.3 Å². The molecule has 3 amide bonds. The van der Waals surface area contributed by atoms with Crippen molar-refractivity contribution in [1.82, 2.24) is 15.5 Å². The number of urea groups is 1. The van der Waals surface area contributed by atoms with E-state index in [1.54, 1.807) is 0 Å². The molecular weight excluding hydrogens is 254 g/mol. The zero-order chi connectivity index (χ0) is 14.2. The molecule has 2 heterocycles. The van der Waals surface area contributed by atoms with Gasteiger partial charge in [-0.1, -0.05) is 36.4 Å². The first kappa shape index (κ1) is 12.9. The molecular formula is C15H17N3O2. The predicted octanol–water partition coefficient (Wildman–Crippen LogP) is 1.03. The molecule has 0 unspecified atom stereocenters. The summed E-state index contributed by atoms with van der Waals surface area (Å²) in [6.45, 7) is 5.10. The number of carbonyl (C=O) groups is 2. The van der Waals surface area contributed by atoms with Gasteiger partial charge in [-0.3, -0.25) is 15.0 Å². The largest absolute Gasteiger partial charge is 0.322 e. The molecule has 0 radical (unpaired) electrons. The minimum atomic E-state index is -0.801. The Morgan fingerprint density at radius 3 is 2.70 bits per heavy atom. The summed E-state index contributed by atoms with van der Waals surface area (Å²) in [4.78, 5) is 25.6. The van der Waals surface area contributed by atoms with Crippen molar-refractivity contribution in [3.63, 3.8) is 0 Å². The van der Waals surface area contributed by atoms with Gasteiger partial charge in [0.1, 0.15) is 5.54 Å². The maximum absolute atomic E-state index is 12.0. The van der Waals surface area contributed by atoms with Crippen LogP contribution in [0.5, 0.6) is 0 Å². The van der Waals surface area contributed by atoms with Gasteiger partial charge in [-0.15, -0.1) is 6.58 Å². The van der Waals surface area contributed by atoms with Crippen LogP contribution in [0.4, 0.5) is 4.79 Å². The number of nitrogens with zero attached hydrogens (tertiary/aromatic N) is 1. The van der Waals surface area contributed by atoms with Crippen LogP contribution in [0.1, 0.15) is 12.0 Å². The Kier molecular flexibility index (Phi) is 3.06. The van der Waals surface area contributed by atoms with E-state index in [0.29, 0.717) is 13.0 Å². The normalized spacial score (nSPS) is 29.5. The van der Waals surface area contributed by atoms with Crippen molar-refractivity contribution in [2.75, 3.05) is 6.54 Å². The molecule has 2 aliphatic heterocycles. The van der Waals surface area contributed by atoms with Crippen LogP contribution >= 0.6 is 0 Å². The molecule has 1 aromatic rings. The summed E-state index contributed by atoms with van der Waals surface area (Å²) in [6.07, 6.45) is 2.41. The van der Waals surface area contributed by atoms with Crippen LogP contribution in [0.2, 0.25) is 0 Å². The number of carbonyl (C=O) groups excluding carboxylic acids is 2. The van der Waals surface area contributed by atoms with Gasteiger partial charge in [0.25, 0.3) is 5.91 Å². The monoisotopic (exact) mass is 271 g/mol. The van der Waals surface area contributed by atoms with E-state index in [-0.39, 0.29) is 11.9 Å². The Bertz CT molecular complexity index is 557. The van der Waals surface area contributed by atoms with Gasteiger partial charge in [0.05, 0.1) is 0 Å². The molecule has 0 aliphatic carbocycles. The molecule has 5 heteroatoms. The molecule has 3 rings (SSSR count). The zero-order valence-corrected chi connectivity index (χ0v) is 11.1. The molecule has 0 saturated carbocycles. The first-order valence-corrected chi connectivity index (χ1v) is 6.67. The highest BCUT2D eigenvalue weighted by atomic mass is 16.2. The molecule has 1 spiro atoms. The minimum Gasteiger partial charge on any atom is -0.322 e. The van der Waals surface area contributed by atoms with Crippen molar-refractivity contribution in [1.29, 1.82) is 0 Å². The van der Waals surface area contributed by atoms with Gasteiger partial charge in [0, 0.05) is 19.1 Å². The van der Waals surface area contributed by atoms with Gasteiger partial charge in [0.15, 0.2) is 0 Å². The third-order valence-corrected chi connectivity index (χ3v) is 4.01. The first-order chi connectivity index (χ1) is 9.63. The van der Waals surface area contributed by atoms with Crippen LogP contribution in [0.3, 0.4) is 0 Å². The van der Waals surface area contributed by atoms with Gasteiger partial charge in [-0.25, -0.2) is 4.79 Å². The van der Waals surface area contributed by atoms with Gasteiger partial charge >= 0.3 is 6.03 Å². The van der Waals surface area contributed by atoms with E-state index in [9.17, 15) is 9.59 Å². The molecule has 20 heavy (non-hydrogen) atoms. The smallest absolute Gasteiger partial charge is 0.322 e. The molecule has 1 aromatic carbocycles. The van der Waals surface area contributed by atoms with Crippen molar-refractivity contribution in [2.45, 2.75) is 24.5 Å². The maximum atomic E-state index is 12.0. The lowest BCUT2D eigenvalue weighted by molar-refractivity contribution is -0.123. The summed E-state index contributed by atoms with van der Waals surface area (Å²) in [5, 5.41) is 5.10. The van der Waals surface area contributed by atoms with Crippen LogP contribution in [0.25, 0.3) is 0 Å². The Labute approximate surface area is 117 Å². The summed E-state index contributed by atoms with van der Waals surface area (Å²) in [5.74, 6) is -0.232. The first-order valence-electron chi connectivity index (χ1n) is 6.67. The van der Waals surface area contributed by atoms with E-state index in [0.717, 1.165) is 6.54 Å². The quantitative estimate of drug-likeness (QED) is 0.637. The molecule has 2 N–H and O–H groups in total. The molecule has 2 aliphatic rings. The molecule has 2 fully saturated rings. The lowest BCUT2D eigenvalue weighted by Gasteiger charge is -2.22. The number of benzene rings is 1. The Morgan fingerprint density at radius 2 is 2.10 bits per heavy atom. The maximum Gasteiger partial charge on any atom is 0.322 e. The number of amides is 3. The molecule has 0 bridgehead atoms. The zero-order valence-electron chi connectivity index (χ0n) is 11.1. The number of hydrogen-bond donors (Lipinski definition) is 2. The van der Waals surface area contributed by atoms with E-state index >= 15 is 0 Å². The van der Waals surface area contributed by atoms with Crippen molar-refractivity contribution in [3.05, 3.63) is 48.6 Å². The molecule has 104 valence electrons. The van der Waals surface area contributed by atoms with E-state index in [1.165, 1.54) is 5.56 Å². The van der Waals surface area contributed by atoms with Crippen LogP contribution in [0, 0.1) is 0 Å². The molecule has 0 aromatic heterocycles. The number of rotatable bonds is 3. The molecule has 2 atom stereocenters. The SMILES string of the molecule is C=C[C@H]1C[C@]2(CN1Cc1ccccc1)NC(=O)NC2=O. The third-order valence-electron chi connectivity index (χ3n) is 4.01. The van der Waals surface area contributed by atoms with E-state index in [4.69, 9.17) is 0 Å². The summed E-state index contributed by atoms with van der Waals surface area (Å²) in [5.41, 5.74) is 0.381. The number of hydrogen-bond acceptors (Lipinski definition) is 3. The Morgan fingerprint density at radius 1 is 1.35 bits per heavy atom. The predicted molar refractivity (Wildman–Crippen MR) is 74.9 cm³/mol. The fraction of sp³-hybridized carbons (Fsp3) is 0.333. The molecule has 5 nitrogen and oxygen atoms in total. The topological polar surface area (TPSA) is 61.4 Å². The average molecular weight is 271 g/mol. The summed E-state index contributed by atoms with van der Waals surface area (Å²) in [6, 6.07) is 9.75. The van der Waals surface area contributed by atoms with Crippen molar-refractivity contribution < 1.29 is 9.59 Å². The number of imide groups is 1. The fourth-order valence-electron chi connectivity index (χ4n) is 3.02. The number of nitrogens with one attached hydrogen (secondary N) is 2. The van der Waals surface area contributed by atoms with Crippen LogP contribution in [0.15, 0.2) is 43.0 Å². The second-order valence-electron chi connectivity index (χ2n) is 5.39. The van der Waals surface area contributed by atoms with Crippen molar-refractivity contribution >= 4 is 11.9 Å². The van der Waals surface area contributed by atoms with Crippen LogP contribution < -0.4 is 10.6 Å². The second-order valence-corrected chi connectivity index (χ2v) is 5.39. The highest BCUT2D eigenvalue weighted by molar-refractivity contribution is 6.07. The third kappa shape index (κ3) is 2.10. The fourth-order valence-corrected chi connectivity index (χ4v) is 3.02. The van der Waals surface area contributed by atoms with Gasteiger partial charge < -0.3 is 5.32 Å². The Balaban J connectivity index is 1.80.